The van der Waals surface area contributed by atoms with Crippen molar-refractivity contribution in [3.8, 4) is 0 Å². The molecule has 0 saturated heterocycles. The minimum absolute atomic E-state index is 0.0126. The number of aromatic carboxylic acids is 1. The third-order valence-corrected chi connectivity index (χ3v) is 2.97. The first kappa shape index (κ1) is 13.9. The van der Waals surface area contributed by atoms with Gasteiger partial charge in [-0.3, -0.25) is 4.79 Å². The minimum atomic E-state index is -1.20. The van der Waals surface area contributed by atoms with E-state index >= 15 is 0 Å². The van der Waals surface area contributed by atoms with Crippen molar-refractivity contribution >= 4 is 11.9 Å². The molecule has 0 aliphatic heterocycles. The Morgan fingerprint density at radius 1 is 1.10 bits per heavy atom. The fraction of sp³-hybridized carbons (Fsp3) is 0.200. The summed E-state index contributed by atoms with van der Waals surface area (Å²) < 4.78 is 4.95. The topological polar surface area (TPSA) is 79.5 Å². The quantitative estimate of drug-likeness (QED) is 0.897. The van der Waals surface area contributed by atoms with E-state index in [0.29, 0.717) is 0 Å². The number of nitrogens with one attached hydrogen (secondary N) is 1. The highest BCUT2D eigenvalue weighted by atomic mass is 16.4. The molecular formula is C15H15NO4. The van der Waals surface area contributed by atoms with E-state index in [2.05, 4.69) is 5.32 Å². The highest BCUT2D eigenvalue weighted by molar-refractivity contribution is 5.93. The smallest absolute Gasteiger partial charge is 0.371 e. The third kappa shape index (κ3) is 3.06. The van der Waals surface area contributed by atoms with E-state index in [1.165, 1.54) is 12.1 Å². The monoisotopic (exact) mass is 273 g/mol. The Labute approximate surface area is 116 Å². The summed E-state index contributed by atoms with van der Waals surface area (Å²) in [6.07, 6.45) is 0. The number of hydrogen-bond acceptors (Lipinski definition) is 3. The summed E-state index contributed by atoms with van der Waals surface area (Å²) >= 11 is 0. The van der Waals surface area contributed by atoms with Crippen molar-refractivity contribution in [2.24, 2.45) is 0 Å². The molecule has 20 heavy (non-hydrogen) atoms. The Bertz CT molecular complexity index is 628. The van der Waals surface area contributed by atoms with E-state index in [9.17, 15) is 9.59 Å². The molecule has 104 valence electrons. The standard InChI is InChI=1S/C15H15NO4/c1-9-3-5-11(6-4-9)10(2)16-14(17)12-7-8-13(20-12)15(18)19/h3-8,10H,1-2H3,(H,16,17)(H,18,19). The maximum Gasteiger partial charge on any atom is 0.371 e. The van der Waals surface area contributed by atoms with Crippen LogP contribution in [0.1, 0.15) is 45.2 Å². The maximum atomic E-state index is 11.9. The van der Waals surface area contributed by atoms with Crippen molar-refractivity contribution < 1.29 is 19.1 Å². The van der Waals surface area contributed by atoms with Crippen LogP contribution in [0.15, 0.2) is 40.8 Å². The largest absolute Gasteiger partial charge is 0.475 e. The van der Waals surface area contributed by atoms with Crippen LogP contribution in [0.3, 0.4) is 0 Å². The van der Waals surface area contributed by atoms with Crippen molar-refractivity contribution in [1.82, 2.24) is 5.32 Å². The minimum Gasteiger partial charge on any atom is -0.475 e. The molecule has 2 rings (SSSR count). The average molecular weight is 273 g/mol. The summed E-state index contributed by atoms with van der Waals surface area (Å²) in [7, 11) is 0. The zero-order valence-electron chi connectivity index (χ0n) is 11.2. The van der Waals surface area contributed by atoms with Gasteiger partial charge < -0.3 is 14.8 Å². The van der Waals surface area contributed by atoms with Crippen LogP contribution < -0.4 is 5.32 Å². The molecule has 0 aliphatic carbocycles. The number of aryl methyl sites for hydroxylation is 1. The van der Waals surface area contributed by atoms with Gasteiger partial charge in [-0.1, -0.05) is 29.8 Å². The maximum absolute atomic E-state index is 11.9. The molecule has 1 amide bonds. The summed E-state index contributed by atoms with van der Waals surface area (Å²) in [5.41, 5.74) is 2.11. The van der Waals surface area contributed by atoms with Crippen molar-refractivity contribution in [2.45, 2.75) is 19.9 Å². The lowest BCUT2D eigenvalue weighted by molar-refractivity contribution is 0.0659. The van der Waals surface area contributed by atoms with E-state index in [1.54, 1.807) is 0 Å². The highest BCUT2D eigenvalue weighted by Gasteiger charge is 2.17. The van der Waals surface area contributed by atoms with Gasteiger partial charge in [0.1, 0.15) is 0 Å². The Balaban J connectivity index is 2.06. The molecular weight excluding hydrogens is 258 g/mol. The van der Waals surface area contributed by atoms with Gasteiger partial charge in [0.25, 0.3) is 5.91 Å². The number of carboxylic acids is 1. The summed E-state index contributed by atoms with van der Waals surface area (Å²) in [5.74, 6) is -1.90. The van der Waals surface area contributed by atoms with E-state index in [-0.39, 0.29) is 17.6 Å². The summed E-state index contributed by atoms with van der Waals surface area (Å²) in [6, 6.07) is 10.2. The van der Waals surface area contributed by atoms with E-state index in [0.717, 1.165) is 11.1 Å². The van der Waals surface area contributed by atoms with Crippen molar-refractivity contribution in [3.63, 3.8) is 0 Å². The van der Waals surface area contributed by atoms with Crippen LogP contribution in [-0.4, -0.2) is 17.0 Å². The molecule has 0 saturated carbocycles. The van der Waals surface area contributed by atoms with Gasteiger partial charge in [0, 0.05) is 0 Å². The molecule has 1 atom stereocenters. The zero-order valence-corrected chi connectivity index (χ0v) is 11.2. The molecule has 0 spiro atoms. The number of furan rings is 1. The summed E-state index contributed by atoms with van der Waals surface area (Å²) in [5, 5.41) is 11.5. The lowest BCUT2D eigenvalue weighted by atomic mass is 10.1. The molecule has 5 heteroatoms. The molecule has 0 bridgehead atoms. The van der Waals surface area contributed by atoms with Crippen LogP contribution >= 0.6 is 0 Å². The van der Waals surface area contributed by atoms with E-state index < -0.39 is 11.9 Å². The average Bonchev–Trinajstić information content (AvgIpc) is 2.89. The number of amides is 1. The summed E-state index contributed by atoms with van der Waals surface area (Å²) in [6.45, 7) is 3.84. The Hall–Kier alpha value is -2.56. The molecule has 0 radical (unpaired) electrons. The molecule has 1 unspecified atom stereocenters. The fourth-order valence-corrected chi connectivity index (χ4v) is 1.78. The number of carboxylic acid groups (broad SMARTS) is 1. The molecule has 0 fully saturated rings. The van der Waals surface area contributed by atoms with Crippen LogP contribution in [0.2, 0.25) is 0 Å². The van der Waals surface area contributed by atoms with Gasteiger partial charge >= 0.3 is 5.97 Å². The van der Waals surface area contributed by atoms with Gasteiger partial charge in [-0.05, 0) is 31.5 Å². The number of benzene rings is 1. The van der Waals surface area contributed by atoms with Gasteiger partial charge in [-0.2, -0.15) is 0 Å². The van der Waals surface area contributed by atoms with E-state index in [1.807, 2.05) is 38.1 Å². The van der Waals surface area contributed by atoms with Crippen molar-refractivity contribution in [1.29, 1.82) is 0 Å². The number of rotatable bonds is 4. The second-order valence-electron chi connectivity index (χ2n) is 4.57. The Morgan fingerprint density at radius 2 is 1.70 bits per heavy atom. The number of hydrogen-bond donors (Lipinski definition) is 2. The molecule has 2 aromatic rings. The predicted molar refractivity (Wildman–Crippen MR) is 72.7 cm³/mol. The number of carbonyl (C=O) groups is 2. The summed E-state index contributed by atoms with van der Waals surface area (Å²) in [4.78, 5) is 22.6. The first-order valence-corrected chi connectivity index (χ1v) is 6.18. The van der Waals surface area contributed by atoms with E-state index in [4.69, 9.17) is 9.52 Å². The Morgan fingerprint density at radius 3 is 2.25 bits per heavy atom. The zero-order chi connectivity index (χ0) is 14.7. The normalized spacial score (nSPS) is 11.9. The number of carbonyl (C=O) groups excluding carboxylic acids is 1. The van der Waals surface area contributed by atoms with Crippen molar-refractivity contribution in [3.05, 3.63) is 59.0 Å². The van der Waals surface area contributed by atoms with Crippen molar-refractivity contribution in [2.75, 3.05) is 0 Å². The molecule has 2 N–H and O–H groups in total. The highest BCUT2D eigenvalue weighted by Crippen LogP contribution is 2.15. The lowest BCUT2D eigenvalue weighted by Gasteiger charge is -2.13. The molecule has 1 heterocycles. The second kappa shape index (κ2) is 5.61. The van der Waals surface area contributed by atoms with Crippen LogP contribution in [0.4, 0.5) is 0 Å². The molecule has 5 nitrogen and oxygen atoms in total. The van der Waals surface area contributed by atoms with Crippen LogP contribution in [0, 0.1) is 6.92 Å². The van der Waals surface area contributed by atoms with Gasteiger partial charge in [-0.25, -0.2) is 4.79 Å². The third-order valence-electron chi connectivity index (χ3n) is 2.97. The fourth-order valence-electron chi connectivity index (χ4n) is 1.78. The molecule has 1 aromatic heterocycles. The van der Waals surface area contributed by atoms with Crippen LogP contribution in [0.5, 0.6) is 0 Å². The Kier molecular flexibility index (Phi) is 3.89. The second-order valence-corrected chi connectivity index (χ2v) is 4.57. The first-order chi connectivity index (χ1) is 9.47. The molecule has 1 aromatic carbocycles. The lowest BCUT2D eigenvalue weighted by Crippen LogP contribution is -2.26. The van der Waals surface area contributed by atoms with Gasteiger partial charge in [-0.15, -0.1) is 0 Å². The van der Waals surface area contributed by atoms with Crippen LogP contribution in [-0.2, 0) is 0 Å². The predicted octanol–water partition coefficient (Wildman–Crippen LogP) is 2.78. The van der Waals surface area contributed by atoms with Gasteiger partial charge in [0.2, 0.25) is 5.76 Å². The SMILES string of the molecule is Cc1ccc(C(C)NC(=O)c2ccc(C(=O)O)o2)cc1. The first-order valence-electron chi connectivity index (χ1n) is 6.18. The van der Waals surface area contributed by atoms with Gasteiger partial charge in [0.15, 0.2) is 5.76 Å². The van der Waals surface area contributed by atoms with Crippen LogP contribution in [0.25, 0.3) is 0 Å². The molecule has 0 aliphatic rings. The van der Waals surface area contributed by atoms with Gasteiger partial charge in [0.05, 0.1) is 6.04 Å².